The van der Waals surface area contributed by atoms with Gasteiger partial charge in [0.15, 0.2) is 0 Å². The fourth-order valence-corrected chi connectivity index (χ4v) is 6.01. The smallest absolute Gasteiger partial charge is 0.422 e. The molecule has 2 amide bonds. The van der Waals surface area contributed by atoms with Crippen molar-refractivity contribution in [3.63, 3.8) is 0 Å². The van der Waals surface area contributed by atoms with E-state index in [0.717, 1.165) is 18.4 Å². The minimum atomic E-state index is -1.02. The number of hydrogen-bond acceptors (Lipinski definition) is 7. The number of carbonyl (C=O) groups is 2. The standard InChI is InChI=1S/C29H51N5O4/c1-10-14-20-37-24(35)32-29(12-3)28(11-2,30-13-4)27(9,31-22(5)23-18-16-15-17-19-23)21-34(29)33-25(36)38-26(6,7)8/h15-19,22,30-31H,10-14,20-21H2,1-9H3,(H,32,35)(H,33,36)/t22?,27?,28?,29-/m1/s1. The van der Waals surface area contributed by atoms with Crippen molar-refractivity contribution >= 4 is 12.2 Å². The molecule has 1 heterocycles. The van der Waals surface area contributed by atoms with Gasteiger partial charge in [0.05, 0.1) is 17.7 Å². The quantitative estimate of drug-likeness (QED) is 0.272. The molecule has 1 aliphatic rings. The lowest BCUT2D eigenvalue weighted by Gasteiger charge is -2.54. The average molecular weight is 534 g/mol. The molecule has 1 fully saturated rings. The third-order valence-corrected chi connectivity index (χ3v) is 7.60. The number of amides is 2. The summed E-state index contributed by atoms with van der Waals surface area (Å²) in [5, 5.41) is 12.7. The number of unbranched alkanes of at least 4 members (excludes halogenated alkanes) is 1. The molecule has 3 unspecified atom stereocenters. The third-order valence-electron chi connectivity index (χ3n) is 7.60. The molecule has 2 rings (SSSR count). The maximum Gasteiger partial charge on any atom is 0.422 e. The van der Waals surface area contributed by atoms with Crippen molar-refractivity contribution in [2.45, 2.75) is 116 Å². The van der Waals surface area contributed by atoms with Gasteiger partial charge in [0.25, 0.3) is 0 Å². The van der Waals surface area contributed by atoms with Gasteiger partial charge < -0.3 is 20.1 Å². The van der Waals surface area contributed by atoms with Crippen LogP contribution < -0.4 is 21.4 Å². The molecular formula is C29H51N5O4. The Morgan fingerprint density at radius 1 is 1.05 bits per heavy atom. The summed E-state index contributed by atoms with van der Waals surface area (Å²) in [6, 6.07) is 10.3. The molecule has 4 atom stereocenters. The predicted octanol–water partition coefficient (Wildman–Crippen LogP) is 5.24. The summed E-state index contributed by atoms with van der Waals surface area (Å²) in [5.74, 6) is 0. The molecule has 0 radical (unpaired) electrons. The van der Waals surface area contributed by atoms with E-state index >= 15 is 0 Å². The van der Waals surface area contributed by atoms with Gasteiger partial charge in [0.1, 0.15) is 11.3 Å². The number of hydrogen-bond donors (Lipinski definition) is 4. The molecule has 1 saturated heterocycles. The molecule has 38 heavy (non-hydrogen) atoms. The molecule has 0 spiro atoms. The van der Waals surface area contributed by atoms with Gasteiger partial charge in [-0.15, -0.1) is 0 Å². The molecule has 0 saturated carbocycles. The van der Waals surface area contributed by atoms with Gasteiger partial charge in [0.2, 0.25) is 0 Å². The largest absolute Gasteiger partial charge is 0.450 e. The highest BCUT2D eigenvalue weighted by Crippen LogP contribution is 2.47. The van der Waals surface area contributed by atoms with Gasteiger partial charge in [-0.2, -0.15) is 5.01 Å². The zero-order valence-corrected chi connectivity index (χ0v) is 25.0. The highest BCUT2D eigenvalue weighted by molar-refractivity contribution is 5.70. The molecule has 216 valence electrons. The fraction of sp³-hybridized carbons (Fsp3) is 0.724. The first-order valence-corrected chi connectivity index (χ1v) is 14.1. The van der Waals surface area contributed by atoms with Crippen LogP contribution in [-0.4, -0.2) is 59.2 Å². The average Bonchev–Trinajstić information content (AvgIpc) is 3.02. The van der Waals surface area contributed by atoms with Crippen LogP contribution in [0, 0.1) is 0 Å². The van der Waals surface area contributed by atoms with Crippen LogP contribution in [0.4, 0.5) is 9.59 Å². The first-order chi connectivity index (χ1) is 17.8. The molecule has 1 aromatic carbocycles. The summed E-state index contributed by atoms with van der Waals surface area (Å²) in [5.41, 5.74) is 1.18. The molecule has 9 nitrogen and oxygen atoms in total. The van der Waals surface area contributed by atoms with Crippen LogP contribution >= 0.6 is 0 Å². The number of rotatable bonds is 12. The lowest BCUT2D eigenvalue weighted by molar-refractivity contribution is -0.0294. The predicted molar refractivity (Wildman–Crippen MR) is 152 cm³/mol. The van der Waals surface area contributed by atoms with Crippen LogP contribution in [0.2, 0.25) is 0 Å². The van der Waals surface area contributed by atoms with E-state index in [1.54, 1.807) is 0 Å². The third kappa shape index (κ3) is 6.79. The highest BCUT2D eigenvalue weighted by Gasteiger charge is 2.69. The van der Waals surface area contributed by atoms with Crippen LogP contribution in [0.1, 0.15) is 99.6 Å². The Morgan fingerprint density at radius 2 is 1.71 bits per heavy atom. The number of alkyl carbamates (subject to hydrolysis) is 1. The molecule has 0 bridgehead atoms. The van der Waals surface area contributed by atoms with Crippen molar-refractivity contribution < 1.29 is 19.1 Å². The monoisotopic (exact) mass is 533 g/mol. The Kier molecular flexibility index (Phi) is 11.0. The Balaban J connectivity index is 2.60. The van der Waals surface area contributed by atoms with Gasteiger partial charge in [-0.1, -0.05) is 64.4 Å². The lowest BCUT2D eigenvalue weighted by Crippen LogP contribution is -2.79. The van der Waals surface area contributed by atoms with Crippen LogP contribution in [0.5, 0.6) is 0 Å². The number of nitrogens with one attached hydrogen (secondary N) is 4. The van der Waals surface area contributed by atoms with Crippen molar-refractivity contribution in [2.24, 2.45) is 0 Å². The van der Waals surface area contributed by atoms with Crippen molar-refractivity contribution in [3.05, 3.63) is 35.9 Å². The van der Waals surface area contributed by atoms with Crippen molar-refractivity contribution in [3.8, 4) is 0 Å². The summed E-state index contributed by atoms with van der Waals surface area (Å²) < 4.78 is 11.2. The Labute approximate surface area is 229 Å². The van der Waals surface area contributed by atoms with E-state index in [1.807, 2.05) is 50.9 Å². The summed E-state index contributed by atoms with van der Waals surface area (Å²) in [6.07, 6.45) is 1.80. The first-order valence-electron chi connectivity index (χ1n) is 14.1. The van der Waals surface area contributed by atoms with E-state index in [2.05, 4.69) is 68.1 Å². The summed E-state index contributed by atoms with van der Waals surface area (Å²) in [6.45, 7) is 19.4. The van der Waals surface area contributed by atoms with Crippen LogP contribution in [0.15, 0.2) is 30.3 Å². The Morgan fingerprint density at radius 3 is 2.24 bits per heavy atom. The molecule has 1 aromatic rings. The second-order valence-electron chi connectivity index (χ2n) is 11.4. The molecule has 1 aliphatic heterocycles. The van der Waals surface area contributed by atoms with Gasteiger partial charge in [-0.3, -0.25) is 10.7 Å². The number of benzene rings is 1. The topological polar surface area (TPSA) is 104 Å². The minimum Gasteiger partial charge on any atom is -0.450 e. The zero-order valence-electron chi connectivity index (χ0n) is 25.0. The second kappa shape index (κ2) is 13.1. The van der Waals surface area contributed by atoms with Crippen LogP contribution in [0.3, 0.4) is 0 Å². The van der Waals surface area contributed by atoms with E-state index in [-0.39, 0.29) is 6.04 Å². The molecule has 4 N–H and O–H groups in total. The van der Waals surface area contributed by atoms with Gasteiger partial charge in [-0.25, -0.2) is 9.59 Å². The number of likely N-dealkylation sites (N-methyl/N-ethyl adjacent to an activating group) is 1. The number of nitrogens with zero attached hydrogens (tertiary/aromatic N) is 1. The summed E-state index contributed by atoms with van der Waals surface area (Å²) >= 11 is 0. The van der Waals surface area contributed by atoms with Crippen LogP contribution in [-0.2, 0) is 9.47 Å². The van der Waals surface area contributed by atoms with Gasteiger partial charge in [-0.05, 0) is 66.0 Å². The highest BCUT2D eigenvalue weighted by atomic mass is 16.6. The summed E-state index contributed by atoms with van der Waals surface area (Å²) in [7, 11) is 0. The number of carbonyl (C=O) groups excluding carboxylic acids is 2. The maximum atomic E-state index is 13.2. The Bertz CT molecular complexity index is 908. The molecule has 0 aromatic heterocycles. The SMILES string of the molecule is CCCCOC(=O)N[C@]1(CC)N(NC(=O)OC(C)(C)C)CC(C)(NC(C)c2ccccc2)C1(CC)NCC. The normalized spacial score (nSPS) is 26.6. The minimum absolute atomic E-state index is 0.0123. The zero-order chi connectivity index (χ0) is 28.6. The number of ether oxygens (including phenoxy) is 2. The fourth-order valence-electron chi connectivity index (χ4n) is 6.01. The maximum absolute atomic E-state index is 13.2. The van der Waals surface area contributed by atoms with E-state index in [9.17, 15) is 9.59 Å². The molecule has 9 heteroatoms. The molecule has 0 aliphatic carbocycles. The van der Waals surface area contributed by atoms with Crippen molar-refractivity contribution in [1.29, 1.82) is 0 Å². The van der Waals surface area contributed by atoms with Gasteiger partial charge >= 0.3 is 12.2 Å². The molecular weight excluding hydrogens is 482 g/mol. The van der Waals surface area contributed by atoms with E-state index in [1.165, 1.54) is 0 Å². The van der Waals surface area contributed by atoms with Gasteiger partial charge in [0, 0.05) is 12.6 Å². The number of hydrazine groups is 1. The van der Waals surface area contributed by atoms with E-state index in [4.69, 9.17) is 9.47 Å². The lowest BCUT2D eigenvalue weighted by atomic mass is 9.69. The first kappa shape index (κ1) is 31.9. The second-order valence-corrected chi connectivity index (χ2v) is 11.4. The Hall–Kier alpha value is -2.36. The summed E-state index contributed by atoms with van der Waals surface area (Å²) in [4.78, 5) is 26.3. The van der Waals surface area contributed by atoms with Crippen molar-refractivity contribution in [2.75, 3.05) is 19.7 Å². The van der Waals surface area contributed by atoms with Crippen LogP contribution in [0.25, 0.3) is 0 Å². The van der Waals surface area contributed by atoms with E-state index < -0.39 is 34.5 Å². The van der Waals surface area contributed by atoms with Crippen molar-refractivity contribution in [1.82, 2.24) is 26.4 Å². The van der Waals surface area contributed by atoms with E-state index in [0.29, 0.717) is 32.5 Å².